The Labute approximate surface area is 119 Å². The minimum absolute atomic E-state index is 0.0735. The summed E-state index contributed by atoms with van der Waals surface area (Å²) < 4.78 is 6.58. The van der Waals surface area contributed by atoms with Gasteiger partial charge in [-0.05, 0) is 12.1 Å². The Morgan fingerprint density at radius 2 is 2.45 bits per heavy atom. The Morgan fingerprint density at radius 3 is 3.30 bits per heavy atom. The van der Waals surface area contributed by atoms with Gasteiger partial charge in [0.1, 0.15) is 5.75 Å². The van der Waals surface area contributed by atoms with Gasteiger partial charge < -0.3 is 15.2 Å². The average Bonchev–Trinajstić information content (AvgIpc) is 3.13. The van der Waals surface area contributed by atoms with Crippen molar-refractivity contribution in [3.63, 3.8) is 0 Å². The van der Waals surface area contributed by atoms with Crippen LogP contribution in [0, 0.1) is 0 Å². The Hall–Kier alpha value is -1.86. The van der Waals surface area contributed by atoms with Crippen molar-refractivity contribution in [1.82, 2.24) is 10.3 Å². The molecule has 20 heavy (non-hydrogen) atoms. The molecule has 2 aliphatic rings. The Balaban J connectivity index is 1.83. The first-order chi connectivity index (χ1) is 9.78. The Kier molecular flexibility index (Phi) is 2.58. The van der Waals surface area contributed by atoms with Crippen molar-refractivity contribution in [2.75, 3.05) is 24.7 Å². The summed E-state index contributed by atoms with van der Waals surface area (Å²) in [6.07, 6.45) is 0.853. The lowest BCUT2D eigenvalue weighted by molar-refractivity contribution is 0.248. The zero-order valence-corrected chi connectivity index (χ0v) is 11.4. The Bertz CT molecular complexity index is 699. The summed E-state index contributed by atoms with van der Waals surface area (Å²) in [5.41, 5.74) is 2.03. The van der Waals surface area contributed by atoms with Crippen molar-refractivity contribution in [1.29, 1.82) is 0 Å². The summed E-state index contributed by atoms with van der Waals surface area (Å²) in [7, 11) is 0. The highest BCUT2D eigenvalue weighted by atomic mass is 32.1. The van der Waals surface area contributed by atoms with E-state index in [0.717, 1.165) is 28.0 Å². The number of aromatic nitrogens is 1. The number of rotatable bonds is 2. The third-order valence-corrected chi connectivity index (χ3v) is 4.73. The number of benzene rings is 1. The molecule has 1 fully saturated rings. The van der Waals surface area contributed by atoms with Gasteiger partial charge in [0, 0.05) is 18.5 Å². The lowest BCUT2D eigenvalue weighted by Crippen LogP contribution is -2.36. The molecule has 2 N–H and O–H groups in total. The van der Waals surface area contributed by atoms with E-state index in [-0.39, 0.29) is 18.7 Å². The van der Waals surface area contributed by atoms with Crippen LogP contribution in [0.4, 0.5) is 9.93 Å². The number of carbonyl (C=O) groups is 1. The molecule has 1 aromatic heterocycles. The summed E-state index contributed by atoms with van der Waals surface area (Å²) in [5, 5.41) is 12.7. The van der Waals surface area contributed by atoms with Crippen molar-refractivity contribution in [3.05, 3.63) is 17.7 Å². The molecule has 0 saturated carbocycles. The fourth-order valence-corrected chi connectivity index (χ4v) is 3.76. The van der Waals surface area contributed by atoms with E-state index in [1.54, 1.807) is 4.90 Å². The highest BCUT2D eigenvalue weighted by molar-refractivity contribution is 7.22. The number of aliphatic hydroxyl groups excluding tert-OH is 1. The average molecular weight is 291 g/mol. The van der Waals surface area contributed by atoms with Crippen LogP contribution in [0.5, 0.6) is 5.75 Å². The number of urea groups is 1. The molecule has 0 radical (unpaired) electrons. The third-order valence-electron chi connectivity index (χ3n) is 3.71. The van der Waals surface area contributed by atoms with Crippen LogP contribution in [0.1, 0.15) is 5.56 Å². The molecule has 2 aliphatic heterocycles. The van der Waals surface area contributed by atoms with Gasteiger partial charge in [-0.15, -0.1) is 0 Å². The fraction of sp³-hybridized carbons (Fsp3) is 0.385. The monoisotopic (exact) mass is 291 g/mol. The summed E-state index contributed by atoms with van der Waals surface area (Å²) in [5.74, 6) is 0.888. The predicted molar refractivity (Wildman–Crippen MR) is 75.6 cm³/mol. The molecular weight excluding hydrogens is 278 g/mol. The second-order valence-corrected chi connectivity index (χ2v) is 5.89. The number of hydrogen-bond donors (Lipinski definition) is 2. The highest BCUT2D eigenvalue weighted by Gasteiger charge is 2.34. The first kappa shape index (κ1) is 11.9. The molecule has 1 aromatic carbocycles. The largest absolute Gasteiger partial charge is 0.493 e. The SMILES string of the molecule is O=C1NC[C@@H](CO)N1c1nc2c3c(ccc2s1)OCC3. The van der Waals surface area contributed by atoms with E-state index in [0.29, 0.717) is 18.3 Å². The minimum atomic E-state index is -0.243. The molecule has 7 heteroatoms. The van der Waals surface area contributed by atoms with Crippen LogP contribution in [0.3, 0.4) is 0 Å². The second kappa shape index (κ2) is 4.32. The smallest absolute Gasteiger partial charge is 0.324 e. The quantitative estimate of drug-likeness (QED) is 0.869. The van der Waals surface area contributed by atoms with E-state index in [9.17, 15) is 9.90 Å². The molecule has 2 amide bonds. The van der Waals surface area contributed by atoms with Gasteiger partial charge in [-0.1, -0.05) is 11.3 Å². The number of nitrogens with zero attached hydrogens (tertiary/aromatic N) is 2. The van der Waals surface area contributed by atoms with Crippen molar-refractivity contribution < 1.29 is 14.6 Å². The van der Waals surface area contributed by atoms with Gasteiger partial charge in [-0.3, -0.25) is 4.90 Å². The van der Waals surface area contributed by atoms with Crippen LogP contribution in [-0.4, -0.2) is 41.9 Å². The van der Waals surface area contributed by atoms with E-state index in [2.05, 4.69) is 10.3 Å². The van der Waals surface area contributed by atoms with Crippen LogP contribution in [0.2, 0.25) is 0 Å². The van der Waals surface area contributed by atoms with E-state index in [1.807, 2.05) is 12.1 Å². The normalized spacial score (nSPS) is 21.1. The van der Waals surface area contributed by atoms with Gasteiger partial charge in [-0.2, -0.15) is 0 Å². The van der Waals surface area contributed by atoms with E-state index < -0.39 is 0 Å². The van der Waals surface area contributed by atoms with Crippen molar-refractivity contribution >= 4 is 32.7 Å². The van der Waals surface area contributed by atoms with Gasteiger partial charge in [-0.25, -0.2) is 9.78 Å². The Morgan fingerprint density at radius 1 is 1.55 bits per heavy atom. The number of aliphatic hydroxyl groups is 1. The first-order valence-corrected chi connectivity index (χ1v) is 7.32. The van der Waals surface area contributed by atoms with Gasteiger partial charge in [0.05, 0.1) is 29.5 Å². The van der Waals surface area contributed by atoms with Gasteiger partial charge in [0.25, 0.3) is 0 Å². The standard InChI is InChI=1S/C13H13N3O3S/c17-6-7-5-14-12(18)16(7)13-15-11-8-3-4-19-9(8)1-2-10(11)20-13/h1-2,7,17H,3-6H2,(H,14,18)/t7-/m0/s1. The van der Waals surface area contributed by atoms with Gasteiger partial charge >= 0.3 is 6.03 Å². The minimum Gasteiger partial charge on any atom is -0.493 e. The van der Waals surface area contributed by atoms with Crippen LogP contribution < -0.4 is 15.0 Å². The first-order valence-electron chi connectivity index (χ1n) is 6.51. The number of anilines is 1. The summed E-state index contributed by atoms with van der Waals surface area (Å²) in [6.45, 7) is 1.06. The molecule has 0 bridgehead atoms. The molecule has 3 heterocycles. The van der Waals surface area contributed by atoms with Gasteiger partial charge in [0.2, 0.25) is 0 Å². The third kappa shape index (κ3) is 1.60. The maximum atomic E-state index is 11.9. The van der Waals surface area contributed by atoms with Crippen molar-refractivity contribution in [2.24, 2.45) is 0 Å². The van der Waals surface area contributed by atoms with Crippen LogP contribution in [0.15, 0.2) is 12.1 Å². The van der Waals surface area contributed by atoms with E-state index in [4.69, 9.17) is 4.74 Å². The van der Waals surface area contributed by atoms with E-state index >= 15 is 0 Å². The number of thiazole rings is 1. The molecule has 0 unspecified atom stereocenters. The zero-order chi connectivity index (χ0) is 13.7. The molecule has 0 aliphatic carbocycles. The number of nitrogens with one attached hydrogen (secondary N) is 1. The molecule has 104 valence electrons. The molecule has 0 spiro atoms. The van der Waals surface area contributed by atoms with Crippen LogP contribution in [0.25, 0.3) is 10.2 Å². The van der Waals surface area contributed by atoms with Crippen LogP contribution in [-0.2, 0) is 6.42 Å². The maximum absolute atomic E-state index is 11.9. The van der Waals surface area contributed by atoms with Crippen LogP contribution >= 0.6 is 11.3 Å². The number of ether oxygens (including phenoxy) is 1. The predicted octanol–water partition coefficient (Wildman–Crippen LogP) is 1.12. The molecule has 6 nitrogen and oxygen atoms in total. The summed E-state index contributed by atoms with van der Waals surface area (Å²) in [4.78, 5) is 18.1. The number of carbonyl (C=O) groups excluding carboxylic acids is 1. The molecule has 1 saturated heterocycles. The van der Waals surface area contributed by atoms with E-state index in [1.165, 1.54) is 11.3 Å². The molecular formula is C13H13N3O3S. The molecule has 2 aromatic rings. The highest BCUT2D eigenvalue weighted by Crippen LogP contribution is 2.38. The number of hydrogen-bond acceptors (Lipinski definition) is 5. The number of fused-ring (bicyclic) bond motifs is 3. The van der Waals surface area contributed by atoms with Crippen molar-refractivity contribution in [2.45, 2.75) is 12.5 Å². The molecule has 4 rings (SSSR count). The maximum Gasteiger partial charge on any atom is 0.324 e. The second-order valence-electron chi connectivity index (χ2n) is 4.88. The summed E-state index contributed by atoms with van der Waals surface area (Å²) in [6, 6.07) is 3.49. The lowest BCUT2D eigenvalue weighted by atomic mass is 10.1. The topological polar surface area (TPSA) is 74.7 Å². The fourth-order valence-electron chi connectivity index (χ4n) is 2.70. The lowest BCUT2D eigenvalue weighted by Gasteiger charge is -2.17. The number of amides is 2. The van der Waals surface area contributed by atoms with Gasteiger partial charge in [0.15, 0.2) is 5.13 Å². The van der Waals surface area contributed by atoms with Crippen molar-refractivity contribution in [3.8, 4) is 5.75 Å². The summed E-state index contributed by atoms with van der Waals surface area (Å²) >= 11 is 1.47. The molecule has 1 atom stereocenters. The zero-order valence-electron chi connectivity index (χ0n) is 10.6.